The van der Waals surface area contributed by atoms with E-state index < -0.39 is 63.5 Å². The zero-order valence-corrected chi connectivity index (χ0v) is 30.5. The van der Waals surface area contributed by atoms with Crippen LogP contribution in [-0.2, 0) is 29.7 Å². The maximum absolute atomic E-state index is 13.6. The molecule has 0 aliphatic rings. The molecule has 7 nitrogen and oxygen atoms in total. The van der Waals surface area contributed by atoms with Crippen LogP contribution in [0.2, 0.25) is 85.1 Å². The maximum Gasteiger partial charge on any atom is 0.467 e. The van der Waals surface area contributed by atoms with Crippen LogP contribution in [0, 0.1) is 0 Å². The fourth-order valence-electron chi connectivity index (χ4n) is 3.77. The molecule has 0 saturated heterocycles. The van der Waals surface area contributed by atoms with E-state index in [1.165, 1.54) is 0 Å². The molecule has 0 aromatic rings. The predicted molar refractivity (Wildman–Crippen MR) is 191 cm³/mol. The van der Waals surface area contributed by atoms with E-state index in [4.69, 9.17) is 25.1 Å². The first-order valence-electron chi connectivity index (χ1n) is 11.5. The average Bonchev–Trinajstić information content (AvgIpc) is 2.37. The lowest BCUT2D eigenvalue weighted by Gasteiger charge is -2.47. The van der Waals surface area contributed by atoms with E-state index in [1.54, 1.807) is 6.66 Å². The van der Waals surface area contributed by atoms with Crippen LogP contribution in [0.3, 0.4) is 0 Å². The molecule has 38 heavy (non-hydrogen) atoms. The van der Waals surface area contributed by atoms with Crippen molar-refractivity contribution in [3.63, 3.8) is 0 Å². The molecule has 14 heteroatoms. The first-order chi connectivity index (χ1) is 13.8. The molecule has 3 unspecified atom stereocenters. The average molecular weight is 675 g/mol. The third kappa shape index (κ3) is 22.0. The van der Waals surface area contributed by atoms with Crippen molar-refractivity contribution < 1.29 is 29.7 Å². The van der Waals surface area contributed by atoms with Crippen molar-refractivity contribution >= 4 is 58.2 Å². The highest BCUT2D eigenvalue weighted by atomic mass is 31.2. The molecule has 3 atom stereocenters. The molecule has 0 radical (unpaired) electrons. The molecule has 0 saturated carbocycles. The zero-order chi connectivity index (χ0) is 26.0. The smallest absolute Gasteiger partial charge is 0.437 e. The molecular formula is C24H75O7PSi6. The summed E-state index contributed by atoms with van der Waals surface area (Å²) in [6.45, 7) is 33.2. The van der Waals surface area contributed by atoms with Crippen molar-refractivity contribution in [3.8, 4) is 0 Å². The lowest BCUT2D eigenvalue weighted by atomic mass is 10.9. The standard InChI is InChI=1S/C18H51O7PSi6.6CH4/c1-17-20-26(3,19)18(2)31(15,24-30(13,14)21-27(4,5)6)25-32(16,22-28(7,8)9)23-29(10,11)12;;;;;;/h18H,17H2,1-16H3;6*1H4. The van der Waals surface area contributed by atoms with Gasteiger partial charge in [0.25, 0.3) is 0 Å². The number of hydrogen-bond donors (Lipinski definition) is 0. The van der Waals surface area contributed by atoms with Crippen LogP contribution >= 0.6 is 7.37 Å². The van der Waals surface area contributed by atoms with Crippen molar-refractivity contribution in [1.82, 2.24) is 0 Å². The van der Waals surface area contributed by atoms with Gasteiger partial charge in [-0.05, 0) is 85.5 Å². The fraction of sp³-hybridized carbons (Fsp3) is 1.00. The van der Waals surface area contributed by atoms with Crippen LogP contribution in [-0.4, -0.2) is 69.4 Å². The number of rotatable bonds is 14. The summed E-state index contributed by atoms with van der Waals surface area (Å²) < 4.78 is 52.8. The van der Waals surface area contributed by atoms with Gasteiger partial charge in [-0.15, -0.1) is 0 Å². The predicted octanol–water partition coefficient (Wildman–Crippen LogP) is 10.6. The molecule has 0 spiro atoms. The third-order valence-electron chi connectivity index (χ3n) is 4.22. The Balaban J connectivity index is -0.000000320. The lowest BCUT2D eigenvalue weighted by molar-refractivity contribution is 0.221. The molecule has 0 aromatic carbocycles. The highest BCUT2D eigenvalue weighted by molar-refractivity contribution is 7.61. The SMILES string of the molecule is C.C.C.C.C.C.CCOP(C)(=O)C(C)[Si](C)(O[Si](C)(C)O[Si](C)(C)C)O[Si](C)(O[Si](C)(C)C)O[Si](C)(C)C. The van der Waals surface area contributed by atoms with Crippen molar-refractivity contribution in [2.45, 2.75) is 149 Å². The van der Waals surface area contributed by atoms with Gasteiger partial charge in [0, 0.05) is 13.2 Å². The minimum atomic E-state index is -3.17. The van der Waals surface area contributed by atoms with E-state index in [2.05, 4.69) is 58.9 Å². The molecule has 0 bridgehead atoms. The van der Waals surface area contributed by atoms with Crippen molar-refractivity contribution in [2.24, 2.45) is 0 Å². The largest absolute Gasteiger partial charge is 0.467 e. The molecule has 0 aliphatic carbocycles. The van der Waals surface area contributed by atoms with Gasteiger partial charge in [-0.25, -0.2) is 0 Å². The van der Waals surface area contributed by atoms with Gasteiger partial charge in [-0.3, -0.25) is 4.57 Å². The molecule has 242 valence electrons. The maximum atomic E-state index is 13.6. The Morgan fingerprint density at radius 2 is 0.895 bits per heavy atom. The Kier molecular flexibility index (Phi) is 27.3. The molecule has 0 rings (SSSR count). The van der Waals surface area contributed by atoms with Gasteiger partial charge in [-0.1, -0.05) is 51.5 Å². The van der Waals surface area contributed by atoms with E-state index in [0.29, 0.717) is 6.61 Å². The van der Waals surface area contributed by atoms with Crippen LogP contribution in [0.1, 0.15) is 58.4 Å². The Labute approximate surface area is 249 Å². The molecule has 0 aliphatic heterocycles. The summed E-state index contributed by atoms with van der Waals surface area (Å²) in [6, 6.07) is 0. The van der Waals surface area contributed by atoms with E-state index >= 15 is 0 Å². The fourth-order valence-corrected chi connectivity index (χ4v) is 34.8. The summed E-state index contributed by atoms with van der Waals surface area (Å²) in [5, 5.41) is -0.408. The van der Waals surface area contributed by atoms with Gasteiger partial charge < -0.3 is 25.1 Å². The second-order valence-corrected chi connectivity index (χ2v) is 39.6. The summed E-state index contributed by atoms with van der Waals surface area (Å²) in [7, 11) is -17.7. The monoisotopic (exact) mass is 674 g/mol. The highest BCUT2D eigenvalue weighted by Gasteiger charge is 2.57. The normalized spacial score (nSPS) is 16.3. The topological polar surface area (TPSA) is 72.5 Å². The number of hydrogen-bond acceptors (Lipinski definition) is 7. The Morgan fingerprint density at radius 3 is 1.16 bits per heavy atom. The Hall–Kier alpha value is 1.29. The summed E-state index contributed by atoms with van der Waals surface area (Å²) in [6.07, 6.45) is 0. The summed E-state index contributed by atoms with van der Waals surface area (Å²) in [5.74, 6) is 0. The minimum Gasteiger partial charge on any atom is -0.437 e. The molecule has 0 heterocycles. The van der Waals surface area contributed by atoms with Gasteiger partial charge in [0.15, 0.2) is 25.0 Å². The van der Waals surface area contributed by atoms with Gasteiger partial charge in [0.1, 0.15) is 0 Å². The molecule has 0 amide bonds. The van der Waals surface area contributed by atoms with Gasteiger partial charge in [-0.2, -0.15) is 0 Å². The third-order valence-corrected chi connectivity index (χ3v) is 29.7. The minimum absolute atomic E-state index is 0. The second-order valence-electron chi connectivity index (χ2n) is 12.1. The van der Waals surface area contributed by atoms with E-state index in [9.17, 15) is 4.57 Å². The first kappa shape index (κ1) is 55.2. The van der Waals surface area contributed by atoms with Crippen molar-refractivity contribution in [1.29, 1.82) is 0 Å². The van der Waals surface area contributed by atoms with Gasteiger partial charge in [0.2, 0.25) is 7.37 Å². The van der Waals surface area contributed by atoms with Crippen molar-refractivity contribution in [2.75, 3.05) is 13.3 Å². The quantitative estimate of drug-likeness (QED) is 0.134. The van der Waals surface area contributed by atoms with Crippen LogP contribution < -0.4 is 0 Å². The summed E-state index contributed by atoms with van der Waals surface area (Å²) >= 11 is 0. The molecule has 0 fully saturated rings. The summed E-state index contributed by atoms with van der Waals surface area (Å²) in [5.41, 5.74) is 0. The van der Waals surface area contributed by atoms with Crippen LogP contribution in [0.15, 0.2) is 0 Å². The molecule has 0 aromatic heterocycles. The highest BCUT2D eigenvalue weighted by Crippen LogP contribution is 2.52. The first-order valence-corrected chi connectivity index (χ1v) is 31.3. The van der Waals surface area contributed by atoms with Crippen molar-refractivity contribution in [3.05, 3.63) is 0 Å². The molecular weight excluding hydrogens is 600 g/mol. The van der Waals surface area contributed by atoms with E-state index in [-0.39, 0.29) is 44.6 Å². The van der Waals surface area contributed by atoms with Crippen LogP contribution in [0.5, 0.6) is 0 Å². The van der Waals surface area contributed by atoms with Crippen LogP contribution in [0.25, 0.3) is 0 Å². The van der Waals surface area contributed by atoms with E-state index in [0.717, 1.165) is 0 Å². The van der Waals surface area contributed by atoms with Crippen LogP contribution in [0.4, 0.5) is 0 Å². The Bertz CT molecular complexity index is 648. The second kappa shape index (κ2) is 18.8. The van der Waals surface area contributed by atoms with E-state index in [1.807, 2.05) is 40.0 Å². The summed E-state index contributed by atoms with van der Waals surface area (Å²) in [4.78, 5) is 0. The lowest BCUT2D eigenvalue weighted by Crippen LogP contribution is -2.66. The Morgan fingerprint density at radius 1 is 0.579 bits per heavy atom. The van der Waals surface area contributed by atoms with Gasteiger partial charge in [0.05, 0.1) is 11.9 Å². The van der Waals surface area contributed by atoms with Gasteiger partial charge >= 0.3 is 25.9 Å². The molecule has 0 N–H and O–H groups in total. The zero-order valence-electron chi connectivity index (χ0n) is 23.6.